The Kier molecular flexibility index (Phi) is 8.14. The number of rotatable bonds is 8. The van der Waals surface area contributed by atoms with Gasteiger partial charge in [0, 0.05) is 28.0 Å². The number of hydrogen-bond acceptors (Lipinski definition) is 6. The topological polar surface area (TPSA) is 73.2 Å². The molecule has 0 aliphatic carbocycles. The Balaban J connectivity index is 1.45. The van der Waals surface area contributed by atoms with Crippen LogP contribution in [0.2, 0.25) is 0 Å². The number of thiophene rings is 1. The summed E-state index contributed by atoms with van der Waals surface area (Å²) in [5.74, 6) is 0.383. The van der Waals surface area contributed by atoms with Gasteiger partial charge in [-0.05, 0) is 47.7 Å². The van der Waals surface area contributed by atoms with E-state index in [0.717, 1.165) is 37.4 Å². The summed E-state index contributed by atoms with van der Waals surface area (Å²) in [6, 6.07) is 17.6. The number of fused-ring (bicyclic) bond motifs is 3. The van der Waals surface area contributed by atoms with E-state index in [1.165, 1.54) is 23.1 Å². The summed E-state index contributed by atoms with van der Waals surface area (Å²) in [5.41, 5.74) is 2.93. The van der Waals surface area contributed by atoms with Crippen LogP contribution in [0.25, 0.3) is 10.2 Å². The zero-order valence-corrected chi connectivity index (χ0v) is 23.9. The Labute approximate surface area is 232 Å². The van der Waals surface area contributed by atoms with E-state index >= 15 is 0 Å². The molecule has 0 radical (unpaired) electrons. The second kappa shape index (κ2) is 11.5. The first kappa shape index (κ1) is 26.2. The molecule has 0 saturated carbocycles. The van der Waals surface area contributed by atoms with Crippen molar-refractivity contribution in [3.8, 4) is 0 Å². The molecule has 5 rings (SSSR count). The van der Waals surface area contributed by atoms with Gasteiger partial charge in [0.15, 0.2) is 5.16 Å². The number of carbonyl (C=O) groups is 1. The van der Waals surface area contributed by atoms with Gasteiger partial charge in [-0.25, -0.2) is 4.98 Å². The molecule has 1 atom stereocenters. The minimum atomic E-state index is -0.144. The van der Waals surface area contributed by atoms with Crippen LogP contribution in [0.3, 0.4) is 0 Å². The Hall–Kier alpha value is -2.46. The van der Waals surface area contributed by atoms with E-state index < -0.39 is 0 Å². The number of ether oxygens (including phenoxy) is 1. The number of amides is 1. The van der Waals surface area contributed by atoms with Gasteiger partial charge in [0.05, 0.1) is 23.8 Å². The molecular formula is C28H28BrN3O3S2. The highest BCUT2D eigenvalue weighted by molar-refractivity contribution is 9.10. The van der Waals surface area contributed by atoms with Gasteiger partial charge in [-0.1, -0.05) is 71.9 Å². The second-order valence-electron chi connectivity index (χ2n) is 9.41. The molecule has 0 spiro atoms. The summed E-state index contributed by atoms with van der Waals surface area (Å²) in [6.07, 6.45) is 1.53. The third-order valence-corrected chi connectivity index (χ3v) is 9.07. The van der Waals surface area contributed by atoms with Gasteiger partial charge in [-0.3, -0.25) is 14.2 Å². The van der Waals surface area contributed by atoms with Gasteiger partial charge < -0.3 is 10.1 Å². The first-order valence-electron chi connectivity index (χ1n) is 12.3. The summed E-state index contributed by atoms with van der Waals surface area (Å²) in [7, 11) is 0. The smallest absolute Gasteiger partial charge is 0.263 e. The lowest BCUT2D eigenvalue weighted by molar-refractivity contribution is -0.113. The summed E-state index contributed by atoms with van der Waals surface area (Å²) in [6.45, 7) is 5.31. The van der Waals surface area contributed by atoms with Crippen molar-refractivity contribution in [3.05, 3.63) is 85.4 Å². The monoisotopic (exact) mass is 597 g/mol. The summed E-state index contributed by atoms with van der Waals surface area (Å²) in [4.78, 5) is 33.3. The van der Waals surface area contributed by atoms with Gasteiger partial charge in [0.25, 0.3) is 5.56 Å². The zero-order valence-electron chi connectivity index (χ0n) is 20.7. The van der Waals surface area contributed by atoms with E-state index in [1.54, 1.807) is 4.57 Å². The van der Waals surface area contributed by atoms with Crippen LogP contribution in [0.5, 0.6) is 0 Å². The van der Waals surface area contributed by atoms with Crippen molar-refractivity contribution < 1.29 is 9.53 Å². The molecule has 0 saturated heterocycles. The average Bonchev–Trinajstić information content (AvgIpc) is 3.26. The highest BCUT2D eigenvalue weighted by Crippen LogP contribution is 2.36. The molecule has 4 aromatic rings. The van der Waals surface area contributed by atoms with Crippen molar-refractivity contribution in [2.45, 2.75) is 51.1 Å². The quantitative estimate of drug-likeness (QED) is 0.191. The van der Waals surface area contributed by atoms with Crippen LogP contribution in [0.4, 0.5) is 5.69 Å². The predicted molar refractivity (Wildman–Crippen MR) is 155 cm³/mol. The standard InChI is InChI=1S/C28H28BrN3O3S2/c1-17(2)22-14-21-23(15-35-22)37-26-25(21)27(34)32(13-12-18-6-4-3-5-7-18)28(31-26)36-16-24(33)30-20-10-8-19(29)9-11-20/h3-11,17,22H,12-16H2,1-2H3,(H,30,33). The Morgan fingerprint density at radius 1 is 1.22 bits per heavy atom. The number of thioether (sulfide) groups is 1. The molecule has 2 aromatic carbocycles. The number of nitrogens with one attached hydrogen (secondary N) is 1. The number of halogens is 1. The average molecular weight is 599 g/mol. The molecule has 1 aliphatic rings. The Bertz CT molecular complexity index is 1470. The highest BCUT2D eigenvalue weighted by atomic mass is 79.9. The number of aryl methyl sites for hydroxylation is 1. The lowest BCUT2D eigenvalue weighted by Crippen LogP contribution is -2.29. The molecule has 9 heteroatoms. The van der Waals surface area contributed by atoms with Crippen LogP contribution < -0.4 is 10.9 Å². The van der Waals surface area contributed by atoms with Crippen LogP contribution >= 0.6 is 39.0 Å². The number of hydrogen-bond donors (Lipinski definition) is 1. The Morgan fingerprint density at radius 2 is 1.97 bits per heavy atom. The maximum Gasteiger partial charge on any atom is 0.263 e. The number of aromatic nitrogens is 2. The van der Waals surface area contributed by atoms with Crippen LogP contribution in [0.1, 0.15) is 29.9 Å². The van der Waals surface area contributed by atoms with Crippen LogP contribution in [0.15, 0.2) is 69.0 Å². The van der Waals surface area contributed by atoms with E-state index in [-0.39, 0.29) is 23.3 Å². The fourth-order valence-electron chi connectivity index (χ4n) is 4.42. The second-order valence-corrected chi connectivity index (χ2v) is 12.4. The van der Waals surface area contributed by atoms with Crippen molar-refractivity contribution in [1.29, 1.82) is 0 Å². The number of anilines is 1. The van der Waals surface area contributed by atoms with Crippen molar-refractivity contribution in [2.75, 3.05) is 11.1 Å². The van der Waals surface area contributed by atoms with Gasteiger partial charge >= 0.3 is 0 Å². The fraction of sp³-hybridized carbons (Fsp3) is 0.321. The molecule has 1 amide bonds. The molecule has 3 heterocycles. The molecule has 1 unspecified atom stereocenters. The van der Waals surface area contributed by atoms with E-state index in [9.17, 15) is 9.59 Å². The lowest BCUT2D eigenvalue weighted by atomic mass is 9.96. The van der Waals surface area contributed by atoms with Crippen LogP contribution in [0, 0.1) is 5.92 Å². The Morgan fingerprint density at radius 3 is 2.70 bits per heavy atom. The first-order valence-corrected chi connectivity index (χ1v) is 14.9. The first-order chi connectivity index (χ1) is 17.9. The third-order valence-electron chi connectivity index (χ3n) is 6.46. The van der Waals surface area contributed by atoms with Gasteiger partial charge in [-0.15, -0.1) is 11.3 Å². The highest BCUT2D eigenvalue weighted by Gasteiger charge is 2.28. The zero-order chi connectivity index (χ0) is 25.9. The maximum absolute atomic E-state index is 13.9. The van der Waals surface area contributed by atoms with Crippen molar-refractivity contribution in [1.82, 2.24) is 9.55 Å². The number of nitrogens with zero attached hydrogens (tertiary/aromatic N) is 2. The van der Waals surface area contributed by atoms with E-state index in [1.807, 2.05) is 42.5 Å². The van der Waals surface area contributed by atoms with Crippen LogP contribution in [-0.4, -0.2) is 27.3 Å². The van der Waals surface area contributed by atoms with Crippen molar-refractivity contribution >= 4 is 60.8 Å². The number of benzene rings is 2. The third kappa shape index (κ3) is 6.00. The molecule has 1 N–H and O–H groups in total. The molecule has 192 valence electrons. The van der Waals surface area contributed by atoms with Crippen molar-refractivity contribution in [3.63, 3.8) is 0 Å². The summed E-state index contributed by atoms with van der Waals surface area (Å²) < 4.78 is 8.75. The predicted octanol–water partition coefficient (Wildman–Crippen LogP) is 6.29. The molecule has 1 aliphatic heterocycles. The minimum Gasteiger partial charge on any atom is -0.372 e. The van der Waals surface area contributed by atoms with Gasteiger partial charge in [0.1, 0.15) is 4.83 Å². The molecular weight excluding hydrogens is 570 g/mol. The molecule has 6 nitrogen and oxygen atoms in total. The molecule has 2 aromatic heterocycles. The lowest BCUT2D eigenvalue weighted by Gasteiger charge is -2.26. The number of carbonyl (C=O) groups excluding carboxylic acids is 1. The normalized spacial score (nSPS) is 15.2. The molecule has 0 fully saturated rings. The van der Waals surface area contributed by atoms with E-state index in [0.29, 0.717) is 36.0 Å². The summed E-state index contributed by atoms with van der Waals surface area (Å²) >= 11 is 6.24. The van der Waals surface area contributed by atoms with Crippen molar-refractivity contribution in [2.24, 2.45) is 5.92 Å². The molecule has 37 heavy (non-hydrogen) atoms. The largest absolute Gasteiger partial charge is 0.372 e. The summed E-state index contributed by atoms with van der Waals surface area (Å²) in [5, 5.41) is 4.20. The van der Waals surface area contributed by atoms with E-state index in [2.05, 4.69) is 47.2 Å². The maximum atomic E-state index is 13.9. The SMILES string of the molecule is CC(C)C1Cc2c(sc3nc(SCC(=O)Nc4ccc(Br)cc4)n(CCc4ccccc4)c(=O)c23)CO1. The minimum absolute atomic E-state index is 0.0290. The molecule has 0 bridgehead atoms. The van der Waals surface area contributed by atoms with Gasteiger partial charge in [0.2, 0.25) is 5.91 Å². The van der Waals surface area contributed by atoms with E-state index in [4.69, 9.17) is 9.72 Å². The van der Waals surface area contributed by atoms with Gasteiger partial charge in [-0.2, -0.15) is 0 Å². The fourth-order valence-corrected chi connectivity index (χ4v) is 6.68. The van der Waals surface area contributed by atoms with Crippen LogP contribution in [-0.2, 0) is 35.5 Å².